The highest BCUT2D eigenvalue weighted by Gasteiger charge is 2.22. The number of carboxylic acid groups (broad SMARTS) is 1. The van der Waals surface area contributed by atoms with Crippen molar-refractivity contribution in [2.24, 2.45) is 0 Å². The second-order valence-corrected chi connectivity index (χ2v) is 7.73. The van der Waals surface area contributed by atoms with Gasteiger partial charge < -0.3 is 28.5 Å². The minimum Gasteiger partial charge on any atom is -0.490 e. The summed E-state index contributed by atoms with van der Waals surface area (Å²) < 4.78 is 27.4. The average Bonchev–Trinajstić information content (AvgIpc) is 3.30. The molecule has 3 heterocycles. The molecule has 12 nitrogen and oxygen atoms in total. The van der Waals surface area contributed by atoms with E-state index in [1.54, 1.807) is 43.6 Å². The first-order valence-corrected chi connectivity index (χ1v) is 11.2. The van der Waals surface area contributed by atoms with Crippen LogP contribution in [0.3, 0.4) is 0 Å². The van der Waals surface area contributed by atoms with Gasteiger partial charge in [0.25, 0.3) is 5.91 Å². The molecular weight excluding hydrogens is 472 g/mol. The Balaban J connectivity index is 1.21. The van der Waals surface area contributed by atoms with Gasteiger partial charge in [0.1, 0.15) is 42.9 Å². The highest BCUT2D eigenvalue weighted by Crippen LogP contribution is 2.26. The molecule has 1 amide bonds. The van der Waals surface area contributed by atoms with Crippen molar-refractivity contribution in [3.63, 3.8) is 0 Å². The number of benzene rings is 1. The van der Waals surface area contributed by atoms with Crippen LogP contribution in [-0.2, 0) is 25.7 Å². The maximum absolute atomic E-state index is 11.6. The van der Waals surface area contributed by atoms with Crippen LogP contribution >= 0.6 is 0 Å². The van der Waals surface area contributed by atoms with Gasteiger partial charge in [-0.05, 0) is 24.3 Å². The molecule has 0 aliphatic carbocycles. The van der Waals surface area contributed by atoms with Crippen molar-refractivity contribution in [3.05, 3.63) is 60.3 Å². The molecule has 2 aromatic heterocycles. The fourth-order valence-corrected chi connectivity index (χ4v) is 3.23. The van der Waals surface area contributed by atoms with Gasteiger partial charge >= 0.3 is 5.97 Å². The summed E-state index contributed by atoms with van der Waals surface area (Å²) in [7, 11) is 1.64. The largest absolute Gasteiger partial charge is 0.490 e. The second kappa shape index (κ2) is 12.1. The number of carbonyl (C=O) groups is 2. The molecule has 2 N–H and O–H groups in total. The first kappa shape index (κ1) is 25.1. The quantitative estimate of drug-likeness (QED) is 0.333. The molecule has 3 aromatic rings. The average molecular weight is 498 g/mol. The van der Waals surface area contributed by atoms with Gasteiger partial charge in [-0.15, -0.1) is 0 Å². The number of likely N-dealkylation sites (N-methyl/N-ethyl adjacent to an activating group) is 1. The summed E-state index contributed by atoms with van der Waals surface area (Å²) in [6.07, 6.45) is 4.79. The van der Waals surface area contributed by atoms with Crippen LogP contribution in [0.4, 0.5) is 0 Å². The summed E-state index contributed by atoms with van der Waals surface area (Å²) in [5.74, 6) is 0.514. The lowest BCUT2D eigenvalue weighted by Crippen LogP contribution is -2.43. The van der Waals surface area contributed by atoms with E-state index in [9.17, 15) is 9.59 Å². The van der Waals surface area contributed by atoms with Crippen molar-refractivity contribution in [1.82, 2.24) is 20.4 Å². The van der Waals surface area contributed by atoms with Crippen LogP contribution in [0.1, 0.15) is 17.6 Å². The van der Waals surface area contributed by atoms with Crippen molar-refractivity contribution in [2.75, 3.05) is 40.1 Å². The molecule has 0 saturated heterocycles. The second-order valence-electron chi connectivity index (χ2n) is 7.73. The van der Waals surface area contributed by atoms with Crippen LogP contribution in [0.25, 0.3) is 11.1 Å². The Kier molecular flexibility index (Phi) is 8.44. The molecule has 1 aromatic carbocycles. The number of hydrogen-bond acceptors (Lipinski definition) is 10. The zero-order chi connectivity index (χ0) is 25.3. The number of ether oxygens (including phenoxy) is 4. The van der Waals surface area contributed by atoms with Crippen LogP contribution in [0, 0.1) is 0 Å². The van der Waals surface area contributed by atoms with E-state index in [2.05, 4.69) is 15.4 Å². The van der Waals surface area contributed by atoms with Crippen LogP contribution in [0.2, 0.25) is 0 Å². The van der Waals surface area contributed by atoms with E-state index in [1.807, 2.05) is 6.07 Å². The summed E-state index contributed by atoms with van der Waals surface area (Å²) in [4.78, 5) is 30.8. The molecule has 1 atom stereocenters. The minimum absolute atomic E-state index is 0.141. The van der Waals surface area contributed by atoms with Gasteiger partial charge in [-0.1, -0.05) is 6.08 Å². The van der Waals surface area contributed by atoms with Gasteiger partial charge in [-0.25, -0.2) is 15.2 Å². The molecule has 0 radical (unpaired) electrons. The minimum atomic E-state index is -1.01. The van der Waals surface area contributed by atoms with E-state index < -0.39 is 5.97 Å². The highest BCUT2D eigenvalue weighted by molar-refractivity contribution is 5.88. The first-order chi connectivity index (χ1) is 17.5. The number of aliphatic carboxylic acids is 1. The molecule has 0 bridgehead atoms. The standard InChI is InChI=1S/C24H26N4O8/c1-28-22(29)7-5-19(27-28)24-26-20-12-17(4-6-21(20)36-24)35-14-16-2-3-18(13-25-16)34-11-10-32-8-9-33-15-23(30)31/h2-7,12-13,19,27H,8-11,14-15H2,1H3,(H,30,31). The Labute approximate surface area is 206 Å². The van der Waals surface area contributed by atoms with Crippen LogP contribution < -0.4 is 14.9 Å². The van der Waals surface area contributed by atoms with Gasteiger partial charge in [0, 0.05) is 19.2 Å². The highest BCUT2D eigenvalue weighted by atomic mass is 16.5. The monoisotopic (exact) mass is 498 g/mol. The zero-order valence-electron chi connectivity index (χ0n) is 19.6. The van der Waals surface area contributed by atoms with Crippen LogP contribution in [0.5, 0.6) is 11.5 Å². The van der Waals surface area contributed by atoms with Crippen molar-refractivity contribution < 1.29 is 38.1 Å². The lowest BCUT2D eigenvalue weighted by atomic mass is 10.2. The van der Waals surface area contributed by atoms with E-state index in [0.717, 1.165) is 5.69 Å². The molecule has 0 saturated carbocycles. The number of nitrogens with one attached hydrogen (secondary N) is 1. The normalized spacial score (nSPS) is 15.4. The van der Waals surface area contributed by atoms with Crippen molar-refractivity contribution in [2.45, 2.75) is 12.6 Å². The molecule has 0 fully saturated rings. The summed E-state index contributed by atoms with van der Waals surface area (Å²) in [5, 5.41) is 9.85. The van der Waals surface area contributed by atoms with Crippen LogP contribution in [-0.4, -0.2) is 72.0 Å². The number of oxazole rings is 1. The maximum Gasteiger partial charge on any atom is 0.329 e. The number of aromatic nitrogens is 2. The predicted molar refractivity (Wildman–Crippen MR) is 125 cm³/mol. The fraction of sp³-hybridized carbons (Fsp3) is 0.333. The molecule has 36 heavy (non-hydrogen) atoms. The number of carbonyl (C=O) groups excluding carboxylic acids is 1. The number of carboxylic acids is 1. The zero-order valence-corrected chi connectivity index (χ0v) is 19.6. The van der Waals surface area contributed by atoms with Gasteiger partial charge in [0.05, 0.1) is 31.7 Å². The number of pyridine rings is 1. The molecule has 1 aliphatic rings. The Bertz CT molecular complexity index is 1210. The predicted octanol–water partition coefficient (Wildman–Crippen LogP) is 1.87. The number of nitrogens with zero attached hydrogens (tertiary/aromatic N) is 3. The summed E-state index contributed by atoms with van der Waals surface area (Å²) >= 11 is 0. The summed E-state index contributed by atoms with van der Waals surface area (Å²) in [6, 6.07) is 8.63. The lowest BCUT2D eigenvalue weighted by Gasteiger charge is -2.24. The molecule has 1 aliphatic heterocycles. The Morgan fingerprint density at radius 2 is 1.92 bits per heavy atom. The SMILES string of the molecule is CN1NC(c2nc3cc(OCc4ccc(OCCOCCOCC(=O)O)cn4)ccc3o2)C=CC1=O. The Morgan fingerprint density at radius 1 is 1.11 bits per heavy atom. The summed E-state index contributed by atoms with van der Waals surface area (Å²) in [5.41, 5.74) is 4.98. The molecular formula is C24H26N4O8. The third-order valence-electron chi connectivity index (χ3n) is 5.01. The van der Waals surface area contributed by atoms with E-state index in [4.69, 9.17) is 28.5 Å². The van der Waals surface area contributed by atoms with Gasteiger partial charge in [0.15, 0.2) is 5.58 Å². The number of fused-ring (bicyclic) bond motifs is 1. The van der Waals surface area contributed by atoms with Crippen molar-refractivity contribution in [3.8, 4) is 11.5 Å². The smallest absolute Gasteiger partial charge is 0.329 e. The number of hydrazine groups is 1. The van der Waals surface area contributed by atoms with E-state index in [0.29, 0.717) is 48.3 Å². The topological polar surface area (TPSA) is 145 Å². The van der Waals surface area contributed by atoms with Crippen molar-refractivity contribution >= 4 is 23.0 Å². The van der Waals surface area contributed by atoms with E-state index >= 15 is 0 Å². The maximum atomic E-state index is 11.6. The number of hydrogen-bond donors (Lipinski definition) is 2. The first-order valence-electron chi connectivity index (χ1n) is 11.2. The van der Waals surface area contributed by atoms with Gasteiger partial charge in [-0.3, -0.25) is 14.8 Å². The van der Waals surface area contributed by atoms with Gasteiger partial charge in [0.2, 0.25) is 5.89 Å². The molecule has 12 heteroatoms. The Morgan fingerprint density at radius 3 is 2.69 bits per heavy atom. The molecule has 0 spiro atoms. The van der Waals surface area contributed by atoms with E-state index in [-0.39, 0.29) is 31.8 Å². The molecule has 4 rings (SSSR count). The molecule has 1 unspecified atom stereocenters. The Hall–Kier alpha value is -4.00. The number of rotatable bonds is 13. The third kappa shape index (κ3) is 7.01. The van der Waals surface area contributed by atoms with Crippen molar-refractivity contribution in [1.29, 1.82) is 0 Å². The lowest BCUT2D eigenvalue weighted by molar-refractivity contribution is -0.142. The summed E-state index contributed by atoms with van der Waals surface area (Å²) in [6.45, 7) is 1.09. The van der Waals surface area contributed by atoms with Gasteiger partial charge in [-0.2, -0.15) is 0 Å². The fourth-order valence-electron chi connectivity index (χ4n) is 3.23. The number of amides is 1. The molecule has 190 valence electrons. The third-order valence-corrected chi connectivity index (χ3v) is 5.01. The van der Waals surface area contributed by atoms with Crippen LogP contribution in [0.15, 0.2) is 53.1 Å². The van der Waals surface area contributed by atoms with E-state index in [1.165, 1.54) is 11.1 Å².